The van der Waals surface area contributed by atoms with Crippen LogP contribution in [-0.4, -0.2) is 18.7 Å². The molecule has 0 saturated heterocycles. The molecule has 0 saturated carbocycles. The SMILES string of the molecule is CC(C)NC1COc2ccccc2C1. The third-order valence-electron chi connectivity index (χ3n) is 2.45. The fraction of sp³-hybridized carbons (Fsp3) is 0.500. The molecule has 1 N–H and O–H groups in total. The van der Waals surface area contributed by atoms with Gasteiger partial charge in [-0.3, -0.25) is 0 Å². The van der Waals surface area contributed by atoms with Gasteiger partial charge in [0, 0.05) is 12.1 Å². The molecule has 1 aromatic carbocycles. The zero-order chi connectivity index (χ0) is 9.97. The Balaban J connectivity index is 2.06. The van der Waals surface area contributed by atoms with Crippen LogP contribution in [0.5, 0.6) is 5.75 Å². The number of hydrogen-bond acceptors (Lipinski definition) is 2. The molecule has 0 amide bonds. The van der Waals surface area contributed by atoms with Crippen molar-refractivity contribution in [2.45, 2.75) is 32.4 Å². The van der Waals surface area contributed by atoms with E-state index in [2.05, 4.69) is 31.3 Å². The van der Waals surface area contributed by atoms with Crippen LogP contribution in [0, 0.1) is 0 Å². The molecule has 2 heteroatoms. The Morgan fingerprint density at radius 1 is 1.36 bits per heavy atom. The molecule has 1 atom stereocenters. The van der Waals surface area contributed by atoms with Crippen molar-refractivity contribution in [2.24, 2.45) is 0 Å². The average molecular weight is 191 g/mol. The van der Waals surface area contributed by atoms with Crippen LogP contribution in [0.25, 0.3) is 0 Å². The van der Waals surface area contributed by atoms with Gasteiger partial charge in [0.15, 0.2) is 0 Å². The molecular formula is C12H17NO. The van der Waals surface area contributed by atoms with Crippen LogP contribution in [0.3, 0.4) is 0 Å². The van der Waals surface area contributed by atoms with Crippen molar-refractivity contribution in [1.82, 2.24) is 5.32 Å². The van der Waals surface area contributed by atoms with Gasteiger partial charge < -0.3 is 10.1 Å². The molecule has 0 aliphatic carbocycles. The van der Waals surface area contributed by atoms with Crippen molar-refractivity contribution in [2.75, 3.05) is 6.61 Å². The Kier molecular flexibility index (Phi) is 2.73. The van der Waals surface area contributed by atoms with Crippen LogP contribution >= 0.6 is 0 Å². The maximum atomic E-state index is 5.67. The smallest absolute Gasteiger partial charge is 0.122 e. The number of fused-ring (bicyclic) bond motifs is 1. The maximum Gasteiger partial charge on any atom is 0.122 e. The van der Waals surface area contributed by atoms with Gasteiger partial charge in [-0.05, 0) is 18.1 Å². The second-order valence-corrected chi connectivity index (χ2v) is 4.14. The lowest BCUT2D eigenvalue weighted by molar-refractivity contribution is 0.231. The Labute approximate surface area is 85.3 Å². The molecule has 0 aromatic heterocycles. The second-order valence-electron chi connectivity index (χ2n) is 4.14. The van der Waals surface area contributed by atoms with Gasteiger partial charge in [0.1, 0.15) is 12.4 Å². The highest BCUT2D eigenvalue weighted by Crippen LogP contribution is 2.23. The molecule has 0 bridgehead atoms. The van der Waals surface area contributed by atoms with Gasteiger partial charge in [0.2, 0.25) is 0 Å². The Morgan fingerprint density at radius 3 is 2.93 bits per heavy atom. The summed E-state index contributed by atoms with van der Waals surface area (Å²) in [5.41, 5.74) is 1.32. The van der Waals surface area contributed by atoms with E-state index in [-0.39, 0.29) is 0 Å². The highest BCUT2D eigenvalue weighted by Gasteiger charge is 2.19. The van der Waals surface area contributed by atoms with E-state index in [1.165, 1.54) is 5.56 Å². The second kappa shape index (κ2) is 4.01. The molecule has 14 heavy (non-hydrogen) atoms. The van der Waals surface area contributed by atoms with Gasteiger partial charge in [-0.1, -0.05) is 32.0 Å². The van der Waals surface area contributed by atoms with E-state index in [0.717, 1.165) is 18.8 Å². The van der Waals surface area contributed by atoms with Gasteiger partial charge >= 0.3 is 0 Å². The number of nitrogens with one attached hydrogen (secondary N) is 1. The number of ether oxygens (including phenoxy) is 1. The molecule has 1 heterocycles. The molecule has 0 radical (unpaired) electrons. The van der Waals surface area contributed by atoms with Crippen molar-refractivity contribution >= 4 is 0 Å². The zero-order valence-corrected chi connectivity index (χ0v) is 8.79. The van der Waals surface area contributed by atoms with Gasteiger partial charge in [0.25, 0.3) is 0 Å². The molecule has 1 unspecified atom stereocenters. The summed E-state index contributed by atoms with van der Waals surface area (Å²) in [4.78, 5) is 0. The quantitative estimate of drug-likeness (QED) is 0.772. The van der Waals surface area contributed by atoms with Crippen LogP contribution < -0.4 is 10.1 Å². The van der Waals surface area contributed by atoms with Crippen LogP contribution in [0.15, 0.2) is 24.3 Å². The van der Waals surface area contributed by atoms with E-state index >= 15 is 0 Å². The van der Waals surface area contributed by atoms with Gasteiger partial charge in [-0.2, -0.15) is 0 Å². The fourth-order valence-corrected chi connectivity index (χ4v) is 1.91. The van der Waals surface area contributed by atoms with Crippen LogP contribution in [0.1, 0.15) is 19.4 Å². The lowest BCUT2D eigenvalue weighted by Gasteiger charge is -2.27. The van der Waals surface area contributed by atoms with E-state index in [1.807, 2.05) is 12.1 Å². The summed E-state index contributed by atoms with van der Waals surface area (Å²) in [6, 6.07) is 9.26. The molecule has 0 spiro atoms. The fourth-order valence-electron chi connectivity index (χ4n) is 1.91. The zero-order valence-electron chi connectivity index (χ0n) is 8.79. The highest BCUT2D eigenvalue weighted by atomic mass is 16.5. The predicted molar refractivity (Wildman–Crippen MR) is 57.7 cm³/mol. The summed E-state index contributed by atoms with van der Waals surface area (Å²) < 4.78 is 5.67. The van der Waals surface area contributed by atoms with Gasteiger partial charge in [-0.15, -0.1) is 0 Å². The summed E-state index contributed by atoms with van der Waals surface area (Å²) in [7, 11) is 0. The molecule has 1 aliphatic heterocycles. The first-order chi connectivity index (χ1) is 6.75. The average Bonchev–Trinajstić information content (AvgIpc) is 2.17. The Morgan fingerprint density at radius 2 is 2.14 bits per heavy atom. The lowest BCUT2D eigenvalue weighted by atomic mass is 10.0. The monoisotopic (exact) mass is 191 g/mol. The van der Waals surface area contributed by atoms with Crippen molar-refractivity contribution in [3.63, 3.8) is 0 Å². The standard InChI is InChI=1S/C12H17NO/c1-9(2)13-11-7-10-5-3-4-6-12(10)14-8-11/h3-6,9,11,13H,7-8H2,1-2H3. The highest BCUT2D eigenvalue weighted by molar-refractivity contribution is 5.35. The molecule has 76 valence electrons. The first-order valence-electron chi connectivity index (χ1n) is 5.22. The number of hydrogen-bond donors (Lipinski definition) is 1. The van der Waals surface area contributed by atoms with Crippen LogP contribution in [-0.2, 0) is 6.42 Å². The number of benzene rings is 1. The molecule has 1 aromatic rings. The molecule has 0 fully saturated rings. The lowest BCUT2D eigenvalue weighted by Crippen LogP contribution is -2.42. The van der Waals surface area contributed by atoms with Crippen molar-refractivity contribution in [1.29, 1.82) is 0 Å². The summed E-state index contributed by atoms with van der Waals surface area (Å²) in [6.45, 7) is 5.12. The van der Waals surface area contributed by atoms with Crippen LogP contribution in [0.4, 0.5) is 0 Å². The van der Waals surface area contributed by atoms with Crippen molar-refractivity contribution < 1.29 is 4.74 Å². The summed E-state index contributed by atoms with van der Waals surface area (Å²) in [6.07, 6.45) is 1.08. The third-order valence-corrected chi connectivity index (χ3v) is 2.45. The van der Waals surface area contributed by atoms with Gasteiger partial charge in [0.05, 0.1) is 0 Å². The summed E-state index contributed by atoms with van der Waals surface area (Å²) >= 11 is 0. The number of rotatable bonds is 2. The van der Waals surface area contributed by atoms with E-state index in [4.69, 9.17) is 4.74 Å². The Hall–Kier alpha value is -1.02. The minimum atomic E-state index is 0.463. The minimum Gasteiger partial charge on any atom is -0.492 e. The first kappa shape index (κ1) is 9.53. The maximum absolute atomic E-state index is 5.67. The van der Waals surface area contributed by atoms with E-state index in [1.54, 1.807) is 0 Å². The molecular weight excluding hydrogens is 174 g/mol. The van der Waals surface area contributed by atoms with Crippen LogP contribution in [0.2, 0.25) is 0 Å². The van der Waals surface area contributed by atoms with E-state index in [9.17, 15) is 0 Å². The molecule has 2 rings (SSSR count). The number of para-hydroxylation sites is 1. The van der Waals surface area contributed by atoms with Gasteiger partial charge in [-0.25, -0.2) is 0 Å². The predicted octanol–water partition coefficient (Wildman–Crippen LogP) is 1.99. The topological polar surface area (TPSA) is 21.3 Å². The van der Waals surface area contributed by atoms with Crippen molar-refractivity contribution in [3.05, 3.63) is 29.8 Å². The largest absolute Gasteiger partial charge is 0.492 e. The third kappa shape index (κ3) is 2.07. The molecule has 2 nitrogen and oxygen atoms in total. The Bertz CT molecular complexity index is 309. The van der Waals surface area contributed by atoms with E-state index in [0.29, 0.717) is 12.1 Å². The molecule has 1 aliphatic rings. The van der Waals surface area contributed by atoms with E-state index < -0.39 is 0 Å². The summed E-state index contributed by atoms with van der Waals surface area (Å²) in [5, 5.41) is 3.50. The van der Waals surface area contributed by atoms with Crippen molar-refractivity contribution in [3.8, 4) is 5.75 Å². The normalized spacial score (nSPS) is 20.4. The first-order valence-corrected chi connectivity index (χ1v) is 5.22. The summed E-state index contributed by atoms with van der Waals surface area (Å²) in [5.74, 6) is 1.05. The minimum absolute atomic E-state index is 0.463.